The third kappa shape index (κ3) is 5.99. The maximum atomic E-state index is 8.72. The van der Waals surface area contributed by atoms with Crippen molar-refractivity contribution in [3.63, 3.8) is 0 Å². The molecule has 0 unspecified atom stereocenters. The van der Waals surface area contributed by atoms with Gasteiger partial charge in [-0.2, -0.15) is 0 Å². The fourth-order valence-corrected chi connectivity index (χ4v) is 2.38. The van der Waals surface area contributed by atoms with Crippen LogP contribution >= 0.6 is 0 Å². The lowest BCUT2D eigenvalue weighted by Gasteiger charge is -2.07. The van der Waals surface area contributed by atoms with E-state index in [4.69, 9.17) is 9.84 Å². The normalized spacial score (nSPS) is 10.7. The topological polar surface area (TPSA) is 55.2 Å². The number of aliphatic hydroxyl groups excluding tert-OH is 1. The average Bonchev–Trinajstić information content (AvgIpc) is 2.60. The first-order valence-electron chi connectivity index (χ1n) is 8.48. The molecule has 0 aliphatic rings. The molecule has 0 radical (unpaired) electrons. The summed E-state index contributed by atoms with van der Waals surface area (Å²) in [6.07, 6.45) is 9.99. The third-order valence-electron chi connectivity index (χ3n) is 3.68. The summed E-state index contributed by atoms with van der Waals surface area (Å²) >= 11 is 0. The zero-order valence-electron chi connectivity index (χ0n) is 13.9. The molecule has 1 aromatic carbocycles. The zero-order chi connectivity index (χ0) is 16.3. The molecular formula is C19H26N2O2. The van der Waals surface area contributed by atoms with Gasteiger partial charge in [-0.3, -0.25) is 0 Å². The number of ether oxygens (including phenoxy) is 1. The van der Waals surface area contributed by atoms with Crippen molar-refractivity contribution < 1.29 is 9.84 Å². The molecule has 0 saturated heterocycles. The van der Waals surface area contributed by atoms with Crippen molar-refractivity contribution in [2.75, 3.05) is 13.2 Å². The molecule has 1 aromatic heterocycles. The summed E-state index contributed by atoms with van der Waals surface area (Å²) in [5.41, 5.74) is 2.18. The molecule has 23 heavy (non-hydrogen) atoms. The lowest BCUT2D eigenvalue weighted by Crippen LogP contribution is -1.98. The van der Waals surface area contributed by atoms with E-state index in [1.165, 1.54) is 5.56 Å². The molecule has 4 nitrogen and oxygen atoms in total. The second-order valence-corrected chi connectivity index (χ2v) is 5.68. The largest absolute Gasteiger partial charge is 0.494 e. The van der Waals surface area contributed by atoms with Gasteiger partial charge in [-0.1, -0.05) is 19.8 Å². The van der Waals surface area contributed by atoms with Gasteiger partial charge in [-0.25, -0.2) is 9.97 Å². The Labute approximate surface area is 138 Å². The van der Waals surface area contributed by atoms with E-state index in [2.05, 4.69) is 16.9 Å². The highest BCUT2D eigenvalue weighted by Crippen LogP contribution is 2.19. The van der Waals surface area contributed by atoms with Gasteiger partial charge in [0, 0.05) is 24.6 Å². The van der Waals surface area contributed by atoms with Crippen LogP contribution in [0.5, 0.6) is 5.75 Å². The van der Waals surface area contributed by atoms with Crippen LogP contribution in [0.1, 0.15) is 44.6 Å². The molecule has 124 valence electrons. The summed E-state index contributed by atoms with van der Waals surface area (Å²) in [6, 6.07) is 7.92. The molecule has 0 saturated carbocycles. The second-order valence-electron chi connectivity index (χ2n) is 5.68. The number of aliphatic hydroxyl groups is 1. The summed E-state index contributed by atoms with van der Waals surface area (Å²) in [6.45, 7) is 3.15. The molecular weight excluding hydrogens is 288 g/mol. The van der Waals surface area contributed by atoms with Gasteiger partial charge in [0.05, 0.1) is 6.61 Å². The lowest BCUT2D eigenvalue weighted by atomic mass is 10.2. The zero-order valence-corrected chi connectivity index (χ0v) is 13.9. The molecule has 0 atom stereocenters. The fraction of sp³-hybridized carbons (Fsp3) is 0.474. The van der Waals surface area contributed by atoms with E-state index in [0.29, 0.717) is 6.61 Å². The van der Waals surface area contributed by atoms with E-state index in [9.17, 15) is 0 Å². The minimum Gasteiger partial charge on any atom is -0.494 e. The van der Waals surface area contributed by atoms with Gasteiger partial charge >= 0.3 is 0 Å². The van der Waals surface area contributed by atoms with Crippen LogP contribution in [0.2, 0.25) is 0 Å². The lowest BCUT2D eigenvalue weighted by molar-refractivity contribution is 0.273. The predicted molar refractivity (Wildman–Crippen MR) is 92.5 cm³/mol. The maximum Gasteiger partial charge on any atom is 0.159 e. The Kier molecular flexibility index (Phi) is 7.54. The van der Waals surface area contributed by atoms with Crippen LogP contribution in [0.25, 0.3) is 11.4 Å². The molecule has 1 N–H and O–H groups in total. The number of benzene rings is 1. The number of nitrogens with zero attached hydrogens (tertiary/aromatic N) is 2. The van der Waals surface area contributed by atoms with Gasteiger partial charge < -0.3 is 9.84 Å². The van der Waals surface area contributed by atoms with Crippen molar-refractivity contribution in [1.29, 1.82) is 0 Å². The molecule has 0 aliphatic carbocycles. The molecule has 0 aliphatic heterocycles. The number of aryl methyl sites for hydroxylation is 1. The first-order valence-corrected chi connectivity index (χ1v) is 8.48. The minimum atomic E-state index is 0.282. The van der Waals surface area contributed by atoms with Gasteiger partial charge in [-0.15, -0.1) is 0 Å². The number of rotatable bonds is 10. The van der Waals surface area contributed by atoms with Crippen LogP contribution in [-0.2, 0) is 6.42 Å². The van der Waals surface area contributed by atoms with Crippen molar-refractivity contribution in [1.82, 2.24) is 9.97 Å². The molecule has 0 spiro atoms. The van der Waals surface area contributed by atoms with Crippen LogP contribution < -0.4 is 4.74 Å². The van der Waals surface area contributed by atoms with Gasteiger partial charge in [0.15, 0.2) is 5.82 Å². The first kappa shape index (κ1) is 17.4. The first-order chi connectivity index (χ1) is 11.3. The number of unbranched alkanes of at least 4 members (excludes halogenated alkanes) is 3. The van der Waals surface area contributed by atoms with Gasteiger partial charge in [0.1, 0.15) is 5.75 Å². The highest BCUT2D eigenvalue weighted by Gasteiger charge is 2.02. The number of hydrogen-bond donors (Lipinski definition) is 1. The average molecular weight is 314 g/mol. The summed E-state index contributed by atoms with van der Waals surface area (Å²) in [5, 5.41) is 8.72. The Morgan fingerprint density at radius 2 is 1.65 bits per heavy atom. The Bertz CT molecular complexity index is 553. The van der Waals surface area contributed by atoms with Gasteiger partial charge in [0.2, 0.25) is 0 Å². The van der Waals surface area contributed by atoms with Crippen molar-refractivity contribution in [3.8, 4) is 17.1 Å². The van der Waals surface area contributed by atoms with Crippen molar-refractivity contribution in [2.24, 2.45) is 0 Å². The van der Waals surface area contributed by atoms with E-state index in [0.717, 1.165) is 55.7 Å². The van der Waals surface area contributed by atoms with E-state index in [-0.39, 0.29) is 6.61 Å². The van der Waals surface area contributed by atoms with Crippen LogP contribution in [0.15, 0.2) is 36.7 Å². The Hall–Kier alpha value is -1.94. The standard InChI is InChI=1S/C19H26N2O2/c1-2-7-16-14-20-19(21-15-16)17-8-10-18(11-9-17)23-13-6-4-3-5-12-22/h8-11,14-15,22H,2-7,12-13H2,1H3. The summed E-state index contributed by atoms with van der Waals surface area (Å²) < 4.78 is 5.72. The van der Waals surface area contributed by atoms with Crippen molar-refractivity contribution in [2.45, 2.75) is 45.4 Å². The molecule has 0 fully saturated rings. The second kappa shape index (κ2) is 9.95. The van der Waals surface area contributed by atoms with Crippen LogP contribution in [0.4, 0.5) is 0 Å². The fourth-order valence-electron chi connectivity index (χ4n) is 2.38. The predicted octanol–water partition coefficient (Wildman–Crippen LogP) is 4.03. The van der Waals surface area contributed by atoms with Crippen LogP contribution in [0, 0.1) is 0 Å². The molecule has 0 bridgehead atoms. The van der Waals surface area contributed by atoms with Crippen LogP contribution in [0.3, 0.4) is 0 Å². The highest BCUT2D eigenvalue weighted by atomic mass is 16.5. The third-order valence-corrected chi connectivity index (χ3v) is 3.68. The maximum absolute atomic E-state index is 8.72. The van der Waals surface area contributed by atoms with E-state index in [1.807, 2.05) is 36.7 Å². The monoisotopic (exact) mass is 314 g/mol. The van der Waals surface area contributed by atoms with Gasteiger partial charge in [-0.05, 0) is 55.5 Å². The summed E-state index contributed by atoms with van der Waals surface area (Å²) in [7, 11) is 0. The van der Waals surface area contributed by atoms with Crippen molar-refractivity contribution >= 4 is 0 Å². The minimum absolute atomic E-state index is 0.282. The Morgan fingerprint density at radius 3 is 2.30 bits per heavy atom. The molecule has 2 rings (SSSR count). The van der Waals surface area contributed by atoms with Crippen LogP contribution in [-0.4, -0.2) is 28.3 Å². The number of aromatic nitrogens is 2. The summed E-state index contributed by atoms with van der Waals surface area (Å²) in [4.78, 5) is 8.86. The Morgan fingerprint density at radius 1 is 0.957 bits per heavy atom. The Balaban J connectivity index is 1.81. The van der Waals surface area contributed by atoms with E-state index < -0.39 is 0 Å². The quantitative estimate of drug-likeness (QED) is 0.673. The summed E-state index contributed by atoms with van der Waals surface area (Å²) in [5.74, 6) is 1.62. The molecule has 4 heteroatoms. The molecule has 0 amide bonds. The SMILES string of the molecule is CCCc1cnc(-c2ccc(OCCCCCCO)cc2)nc1. The highest BCUT2D eigenvalue weighted by molar-refractivity contribution is 5.55. The van der Waals surface area contributed by atoms with E-state index in [1.54, 1.807) is 0 Å². The van der Waals surface area contributed by atoms with E-state index >= 15 is 0 Å². The van der Waals surface area contributed by atoms with Gasteiger partial charge in [0.25, 0.3) is 0 Å². The van der Waals surface area contributed by atoms with Crippen molar-refractivity contribution in [3.05, 3.63) is 42.2 Å². The smallest absolute Gasteiger partial charge is 0.159 e. The molecule has 2 aromatic rings. The number of hydrogen-bond acceptors (Lipinski definition) is 4. The molecule has 1 heterocycles.